The van der Waals surface area contributed by atoms with E-state index in [1.165, 1.54) is 23.1 Å². The zero-order valence-electron chi connectivity index (χ0n) is 13.7. The number of thiophene rings is 1. The van der Waals surface area contributed by atoms with Crippen LogP contribution in [-0.2, 0) is 16.1 Å². The lowest BCUT2D eigenvalue weighted by atomic mass is 10.2. The highest BCUT2D eigenvalue weighted by atomic mass is 32.2. The first-order valence-corrected chi connectivity index (χ1v) is 9.55. The molecule has 0 spiro atoms. The first-order valence-electron chi connectivity index (χ1n) is 7.68. The Labute approximate surface area is 149 Å². The van der Waals surface area contributed by atoms with Crippen molar-refractivity contribution in [3.63, 3.8) is 0 Å². The van der Waals surface area contributed by atoms with Gasteiger partial charge in [-0.25, -0.2) is 0 Å². The van der Waals surface area contributed by atoms with Crippen molar-refractivity contribution in [2.75, 3.05) is 5.75 Å². The van der Waals surface area contributed by atoms with Gasteiger partial charge < -0.3 is 11.1 Å². The maximum absolute atomic E-state index is 12.0. The fourth-order valence-corrected chi connectivity index (χ4v) is 3.70. The van der Waals surface area contributed by atoms with Crippen molar-refractivity contribution in [3.8, 4) is 10.7 Å². The summed E-state index contributed by atoms with van der Waals surface area (Å²) in [6.07, 6.45) is 1.96. The van der Waals surface area contributed by atoms with Crippen LogP contribution in [0.4, 0.5) is 0 Å². The molecule has 0 radical (unpaired) electrons. The Morgan fingerprint density at radius 1 is 1.46 bits per heavy atom. The van der Waals surface area contributed by atoms with E-state index in [2.05, 4.69) is 22.4 Å². The van der Waals surface area contributed by atoms with E-state index in [-0.39, 0.29) is 24.2 Å². The third-order valence-corrected chi connectivity index (χ3v) is 5.07. The van der Waals surface area contributed by atoms with Gasteiger partial charge in [-0.3, -0.25) is 14.2 Å². The first kappa shape index (κ1) is 18.5. The van der Waals surface area contributed by atoms with Gasteiger partial charge in [0.15, 0.2) is 11.0 Å². The van der Waals surface area contributed by atoms with Crippen LogP contribution in [0.25, 0.3) is 10.7 Å². The number of nitrogens with one attached hydrogen (secondary N) is 1. The van der Waals surface area contributed by atoms with Crippen LogP contribution in [0.15, 0.2) is 22.7 Å². The molecule has 0 aliphatic heterocycles. The van der Waals surface area contributed by atoms with Crippen LogP contribution in [0.1, 0.15) is 26.7 Å². The number of primary amides is 1. The highest BCUT2D eigenvalue weighted by Crippen LogP contribution is 2.27. The SMILES string of the molecule is CCCC(C)NC(=O)CSc1nnc(-c2cccs2)n1CC(N)=O. The molecule has 2 aromatic heterocycles. The number of aromatic nitrogens is 3. The highest BCUT2D eigenvalue weighted by molar-refractivity contribution is 7.99. The summed E-state index contributed by atoms with van der Waals surface area (Å²) in [5.41, 5.74) is 5.33. The summed E-state index contributed by atoms with van der Waals surface area (Å²) in [5.74, 6) is 0.267. The monoisotopic (exact) mass is 367 g/mol. The number of rotatable bonds is 9. The Hall–Kier alpha value is -1.87. The van der Waals surface area contributed by atoms with E-state index >= 15 is 0 Å². The number of thioether (sulfide) groups is 1. The lowest BCUT2D eigenvalue weighted by Crippen LogP contribution is -2.33. The van der Waals surface area contributed by atoms with Crippen molar-refractivity contribution in [1.82, 2.24) is 20.1 Å². The van der Waals surface area contributed by atoms with Crippen LogP contribution < -0.4 is 11.1 Å². The summed E-state index contributed by atoms with van der Waals surface area (Å²) in [4.78, 5) is 24.2. The van der Waals surface area contributed by atoms with E-state index in [1.54, 1.807) is 4.57 Å². The highest BCUT2D eigenvalue weighted by Gasteiger charge is 2.18. The van der Waals surface area contributed by atoms with E-state index in [0.29, 0.717) is 11.0 Å². The number of hydrogen-bond acceptors (Lipinski definition) is 6. The number of carbonyl (C=O) groups excluding carboxylic acids is 2. The van der Waals surface area contributed by atoms with Gasteiger partial charge in [-0.2, -0.15) is 0 Å². The summed E-state index contributed by atoms with van der Waals surface area (Å²) >= 11 is 2.75. The Morgan fingerprint density at radius 3 is 2.88 bits per heavy atom. The minimum absolute atomic E-state index is 0.0174. The van der Waals surface area contributed by atoms with Gasteiger partial charge in [0.05, 0.1) is 10.6 Å². The molecule has 0 bridgehead atoms. The summed E-state index contributed by atoms with van der Waals surface area (Å²) in [5, 5.41) is 13.6. The van der Waals surface area contributed by atoms with Gasteiger partial charge in [0, 0.05) is 6.04 Å². The molecule has 1 atom stereocenters. The van der Waals surface area contributed by atoms with Crippen molar-refractivity contribution in [1.29, 1.82) is 0 Å². The third kappa shape index (κ3) is 5.07. The molecule has 1 unspecified atom stereocenters. The second kappa shape index (κ2) is 8.84. The Balaban J connectivity index is 2.07. The van der Waals surface area contributed by atoms with Gasteiger partial charge in [0.1, 0.15) is 6.54 Å². The second-order valence-electron chi connectivity index (χ2n) is 5.38. The molecule has 2 heterocycles. The molecule has 0 aromatic carbocycles. The van der Waals surface area contributed by atoms with E-state index in [1.807, 2.05) is 24.4 Å². The van der Waals surface area contributed by atoms with Crippen LogP contribution in [0, 0.1) is 0 Å². The Bertz CT molecular complexity index is 684. The third-order valence-electron chi connectivity index (χ3n) is 3.23. The molecular formula is C15H21N5O2S2. The van der Waals surface area contributed by atoms with Crippen LogP contribution in [-0.4, -0.2) is 38.4 Å². The molecule has 0 aliphatic rings. The smallest absolute Gasteiger partial charge is 0.237 e. The zero-order valence-corrected chi connectivity index (χ0v) is 15.3. The number of nitrogens with two attached hydrogens (primary N) is 1. The maximum atomic E-state index is 12.0. The summed E-state index contributed by atoms with van der Waals surface area (Å²) in [6, 6.07) is 3.95. The molecule has 0 saturated carbocycles. The van der Waals surface area contributed by atoms with Gasteiger partial charge in [-0.05, 0) is 24.8 Å². The number of amides is 2. The Kier molecular flexibility index (Phi) is 6.80. The molecular weight excluding hydrogens is 346 g/mol. The minimum atomic E-state index is -0.476. The molecule has 7 nitrogen and oxygen atoms in total. The average molecular weight is 368 g/mol. The quantitative estimate of drug-likeness (QED) is 0.659. The molecule has 9 heteroatoms. The van der Waals surface area contributed by atoms with E-state index in [0.717, 1.165) is 17.7 Å². The summed E-state index contributed by atoms with van der Waals surface area (Å²) in [7, 11) is 0. The van der Waals surface area contributed by atoms with Crippen molar-refractivity contribution in [3.05, 3.63) is 17.5 Å². The van der Waals surface area contributed by atoms with Crippen molar-refractivity contribution >= 4 is 34.9 Å². The normalized spacial score (nSPS) is 12.1. The van der Waals surface area contributed by atoms with Gasteiger partial charge in [0.25, 0.3) is 0 Å². The average Bonchev–Trinajstić information content (AvgIpc) is 3.14. The van der Waals surface area contributed by atoms with Crippen LogP contribution >= 0.6 is 23.1 Å². The first-order chi connectivity index (χ1) is 11.5. The fourth-order valence-electron chi connectivity index (χ4n) is 2.23. The largest absolute Gasteiger partial charge is 0.368 e. The van der Waals surface area contributed by atoms with Gasteiger partial charge in [-0.15, -0.1) is 21.5 Å². The zero-order chi connectivity index (χ0) is 17.5. The molecule has 130 valence electrons. The lowest BCUT2D eigenvalue weighted by Gasteiger charge is -2.12. The van der Waals surface area contributed by atoms with Crippen LogP contribution in [0.3, 0.4) is 0 Å². The maximum Gasteiger partial charge on any atom is 0.237 e. The fraction of sp³-hybridized carbons (Fsp3) is 0.467. The number of hydrogen-bond donors (Lipinski definition) is 2. The van der Waals surface area contributed by atoms with E-state index in [4.69, 9.17) is 5.73 Å². The molecule has 2 aromatic rings. The van der Waals surface area contributed by atoms with Gasteiger partial charge in [-0.1, -0.05) is 31.2 Å². The minimum Gasteiger partial charge on any atom is -0.368 e. The molecule has 0 fully saturated rings. The molecule has 3 N–H and O–H groups in total. The summed E-state index contributed by atoms with van der Waals surface area (Å²) in [6.45, 7) is 4.04. The van der Waals surface area contributed by atoms with Crippen LogP contribution in [0.5, 0.6) is 0 Å². The van der Waals surface area contributed by atoms with E-state index in [9.17, 15) is 9.59 Å². The lowest BCUT2D eigenvalue weighted by molar-refractivity contribution is -0.119. The predicted octanol–water partition coefficient (Wildman–Crippen LogP) is 1.89. The van der Waals surface area contributed by atoms with Crippen molar-refractivity contribution < 1.29 is 9.59 Å². The summed E-state index contributed by atoms with van der Waals surface area (Å²) < 4.78 is 1.65. The van der Waals surface area contributed by atoms with Gasteiger partial charge >= 0.3 is 0 Å². The molecule has 2 rings (SSSR count). The molecule has 24 heavy (non-hydrogen) atoms. The molecule has 0 aliphatic carbocycles. The van der Waals surface area contributed by atoms with E-state index < -0.39 is 5.91 Å². The molecule has 0 saturated heterocycles. The second-order valence-corrected chi connectivity index (χ2v) is 7.27. The predicted molar refractivity (Wildman–Crippen MR) is 95.8 cm³/mol. The topological polar surface area (TPSA) is 103 Å². The van der Waals surface area contributed by atoms with Crippen LogP contribution in [0.2, 0.25) is 0 Å². The molecule has 2 amide bonds. The van der Waals surface area contributed by atoms with Gasteiger partial charge in [0.2, 0.25) is 11.8 Å². The number of carbonyl (C=O) groups is 2. The Morgan fingerprint density at radius 2 is 2.25 bits per heavy atom. The number of nitrogens with zero attached hydrogens (tertiary/aromatic N) is 3. The van der Waals surface area contributed by atoms with Crippen molar-refractivity contribution in [2.24, 2.45) is 5.73 Å². The van der Waals surface area contributed by atoms with Crippen molar-refractivity contribution in [2.45, 2.75) is 44.4 Å². The standard InChI is InChI=1S/C15H21N5O2S2/c1-3-5-10(2)17-13(22)9-24-15-19-18-14(11-6-4-7-23-11)20(15)8-12(16)21/h4,6-7,10H,3,5,8-9H2,1-2H3,(H2,16,21)(H,17,22).